The Kier molecular flexibility index (Phi) is 4.12. The first-order valence-electron chi connectivity index (χ1n) is 10.9. The van der Waals surface area contributed by atoms with Crippen LogP contribution in [0.15, 0.2) is 23.8 Å². The van der Waals surface area contributed by atoms with E-state index >= 15 is 0 Å². The van der Waals surface area contributed by atoms with Crippen molar-refractivity contribution in [3.05, 3.63) is 23.8 Å². The monoisotopic (exact) mass is 356 g/mol. The van der Waals surface area contributed by atoms with Crippen LogP contribution in [0.1, 0.15) is 83.1 Å². The van der Waals surface area contributed by atoms with Gasteiger partial charge in [0.25, 0.3) is 0 Å². The molecule has 26 heavy (non-hydrogen) atoms. The van der Waals surface area contributed by atoms with E-state index in [1.165, 1.54) is 0 Å². The molecule has 0 aromatic rings. The van der Waals surface area contributed by atoms with Gasteiger partial charge in [-0.25, -0.2) is 0 Å². The molecule has 2 bridgehead atoms. The molecular weight excluding hydrogens is 312 g/mol. The van der Waals surface area contributed by atoms with Crippen molar-refractivity contribution in [3.63, 3.8) is 0 Å². The molecule has 1 fully saturated rings. The molecule has 0 radical (unpaired) electrons. The van der Waals surface area contributed by atoms with Gasteiger partial charge in [-0.3, -0.25) is 0 Å². The lowest BCUT2D eigenvalue weighted by Crippen LogP contribution is -2.45. The zero-order valence-electron chi connectivity index (χ0n) is 19.6. The molecule has 3 unspecified atom stereocenters. The van der Waals surface area contributed by atoms with E-state index in [1.807, 2.05) is 0 Å². The van der Waals surface area contributed by atoms with Gasteiger partial charge in [0.1, 0.15) is 0 Å². The zero-order valence-corrected chi connectivity index (χ0v) is 19.6. The van der Waals surface area contributed by atoms with E-state index in [4.69, 9.17) is 0 Å². The lowest BCUT2D eigenvalue weighted by molar-refractivity contribution is 0.00857. The summed E-state index contributed by atoms with van der Waals surface area (Å²) in [4.78, 5) is 0. The Hall–Kier alpha value is -0.520. The summed E-state index contributed by atoms with van der Waals surface area (Å²) in [7, 11) is 0. The van der Waals surface area contributed by atoms with Crippen molar-refractivity contribution >= 4 is 0 Å². The molecule has 0 aromatic heterocycles. The van der Waals surface area contributed by atoms with Gasteiger partial charge in [0, 0.05) is 5.41 Å². The number of rotatable bonds is 0. The van der Waals surface area contributed by atoms with Crippen LogP contribution in [0.25, 0.3) is 0 Å². The summed E-state index contributed by atoms with van der Waals surface area (Å²) in [5.74, 6) is 3.63. The highest BCUT2D eigenvalue weighted by atomic mass is 14.7. The fraction of sp³-hybridized carbons (Fsp3) is 0.846. The topological polar surface area (TPSA) is 0 Å². The minimum Gasteiger partial charge on any atom is -0.0842 e. The Labute approximate surface area is 163 Å². The molecule has 0 saturated heterocycles. The maximum absolute atomic E-state index is 2.77. The van der Waals surface area contributed by atoms with Crippen LogP contribution < -0.4 is 0 Å². The predicted molar refractivity (Wildman–Crippen MR) is 115 cm³/mol. The molecule has 0 heterocycles. The van der Waals surface area contributed by atoms with E-state index in [9.17, 15) is 0 Å². The van der Waals surface area contributed by atoms with Crippen LogP contribution in [0.3, 0.4) is 0 Å². The summed E-state index contributed by atoms with van der Waals surface area (Å²) in [5.41, 5.74) is 3.22. The minimum absolute atomic E-state index is 0.262. The third-order valence-electron chi connectivity index (χ3n) is 8.01. The van der Waals surface area contributed by atoms with E-state index < -0.39 is 0 Å². The maximum Gasteiger partial charge on any atom is 0.00351 e. The molecular formula is C26H44. The summed E-state index contributed by atoms with van der Waals surface area (Å²) in [6.45, 7) is 29.7. The molecule has 0 aromatic carbocycles. The highest BCUT2D eigenvalue weighted by Gasteiger charge is 2.71. The number of hydrogen-bond acceptors (Lipinski definition) is 0. The van der Waals surface area contributed by atoms with E-state index in [-0.39, 0.29) is 16.2 Å². The summed E-state index contributed by atoms with van der Waals surface area (Å²) in [6.07, 6.45) is 8.07. The van der Waals surface area contributed by atoms with E-state index in [0.717, 1.165) is 17.8 Å². The Morgan fingerprint density at radius 1 is 0.769 bits per heavy atom. The minimum atomic E-state index is 0.262. The molecule has 0 aliphatic heterocycles. The number of allylic oxidation sites excluding steroid dienone is 4. The van der Waals surface area contributed by atoms with Crippen LogP contribution in [0.4, 0.5) is 0 Å². The molecule has 0 spiro atoms. The Bertz CT molecular complexity index is 631. The Balaban J connectivity index is 2.25. The normalized spacial score (nSPS) is 40.2. The number of fused-ring (bicyclic) bond motifs is 5. The van der Waals surface area contributed by atoms with Gasteiger partial charge in [-0.05, 0) is 51.2 Å². The molecule has 3 rings (SSSR count). The maximum atomic E-state index is 2.77. The second-order valence-electron chi connectivity index (χ2n) is 13.8. The smallest absolute Gasteiger partial charge is 0.00351 e. The molecule has 1 saturated carbocycles. The Morgan fingerprint density at radius 3 is 1.69 bits per heavy atom. The molecule has 0 N–H and O–H groups in total. The second-order valence-corrected chi connectivity index (χ2v) is 13.8. The van der Waals surface area contributed by atoms with Crippen molar-refractivity contribution in [3.8, 4) is 0 Å². The van der Waals surface area contributed by atoms with Gasteiger partial charge in [0.2, 0.25) is 0 Å². The van der Waals surface area contributed by atoms with E-state index in [1.54, 1.807) is 5.57 Å². The molecule has 6 atom stereocenters. The average Bonchev–Trinajstić information content (AvgIpc) is 3.01. The van der Waals surface area contributed by atoms with Crippen molar-refractivity contribution in [1.29, 1.82) is 0 Å². The first-order valence-corrected chi connectivity index (χ1v) is 10.9. The first kappa shape index (κ1) is 20.2. The SMILES string of the molecule is CC(C)(C)C1=CC2C(C1C(C)(C)C)[C@@H]1C=C[C@@]2(C(C)(C)C)[C@H]1C(C)(C)C. The van der Waals surface area contributed by atoms with Gasteiger partial charge in [-0.15, -0.1) is 0 Å². The van der Waals surface area contributed by atoms with Gasteiger partial charge in [-0.2, -0.15) is 0 Å². The lowest BCUT2D eigenvalue weighted by atomic mass is 9.53. The lowest BCUT2D eigenvalue weighted by Gasteiger charge is -2.50. The zero-order chi connectivity index (χ0) is 20.1. The summed E-state index contributed by atoms with van der Waals surface area (Å²) in [5, 5.41) is 0. The third kappa shape index (κ3) is 2.53. The van der Waals surface area contributed by atoms with E-state index in [2.05, 4.69) is 101 Å². The molecule has 0 nitrogen and oxygen atoms in total. The predicted octanol–water partition coefficient (Wildman–Crippen LogP) is 7.76. The van der Waals surface area contributed by atoms with Gasteiger partial charge in [0.05, 0.1) is 0 Å². The van der Waals surface area contributed by atoms with Crippen LogP contribution in [0.5, 0.6) is 0 Å². The summed E-state index contributed by atoms with van der Waals surface area (Å²) in [6, 6.07) is 0. The summed E-state index contributed by atoms with van der Waals surface area (Å²) >= 11 is 0. The Morgan fingerprint density at radius 2 is 1.31 bits per heavy atom. The fourth-order valence-corrected chi connectivity index (χ4v) is 7.48. The molecule has 3 aliphatic carbocycles. The van der Waals surface area contributed by atoms with Crippen LogP contribution >= 0.6 is 0 Å². The van der Waals surface area contributed by atoms with Crippen LogP contribution in [-0.2, 0) is 0 Å². The fourth-order valence-electron chi connectivity index (χ4n) is 7.48. The highest BCUT2D eigenvalue weighted by molar-refractivity contribution is 5.40. The van der Waals surface area contributed by atoms with Crippen molar-refractivity contribution in [1.82, 2.24) is 0 Å². The molecule has 3 aliphatic rings. The van der Waals surface area contributed by atoms with Crippen molar-refractivity contribution in [2.75, 3.05) is 0 Å². The van der Waals surface area contributed by atoms with Gasteiger partial charge < -0.3 is 0 Å². The van der Waals surface area contributed by atoms with Crippen LogP contribution in [0.2, 0.25) is 0 Å². The van der Waals surface area contributed by atoms with Crippen LogP contribution in [-0.4, -0.2) is 0 Å². The van der Waals surface area contributed by atoms with E-state index in [0.29, 0.717) is 22.7 Å². The molecule has 0 heteroatoms. The highest BCUT2D eigenvalue weighted by Crippen LogP contribution is 2.76. The first-order chi connectivity index (χ1) is 11.4. The number of hydrogen-bond donors (Lipinski definition) is 0. The summed E-state index contributed by atoms with van der Waals surface area (Å²) < 4.78 is 0. The van der Waals surface area contributed by atoms with Crippen molar-refractivity contribution in [2.24, 2.45) is 56.7 Å². The van der Waals surface area contributed by atoms with Gasteiger partial charge in [-0.1, -0.05) is 107 Å². The third-order valence-corrected chi connectivity index (χ3v) is 8.01. The molecule has 0 amide bonds. The van der Waals surface area contributed by atoms with Gasteiger partial charge in [0.15, 0.2) is 0 Å². The standard InChI is InChI=1S/C26H44/c1-22(2,3)18-15-17-19(20(18)23(4,5)6)16-13-14-26(17,25(10,11)12)21(16)24(7,8)9/h13-17,19-21H,1-12H3/t16-,17?,19?,20?,21+,26-/m0/s1. The van der Waals surface area contributed by atoms with Gasteiger partial charge >= 0.3 is 0 Å². The average molecular weight is 357 g/mol. The quantitative estimate of drug-likeness (QED) is 0.389. The second kappa shape index (κ2) is 5.30. The van der Waals surface area contributed by atoms with Crippen molar-refractivity contribution < 1.29 is 0 Å². The largest absolute Gasteiger partial charge is 0.0842 e. The van der Waals surface area contributed by atoms with Crippen LogP contribution in [0, 0.1) is 56.7 Å². The van der Waals surface area contributed by atoms with Crippen molar-refractivity contribution in [2.45, 2.75) is 83.1 Å². The molecule has 148 valence electrons.